The summed E-state index contributed by atoms with van der Waals surface area (Å²) in [5.41, 5.74) is 5.85. The minimum absolute atomic E-state index is 0. The molecule has 5 nitrogen and oxygen atoms in total. The van der Waals surface area contributed by atoms with Crippen LogP contribution in [0.5, 0.6) is 11.5 Å². The predicted molar refractivity (Wildman–Crippen MR) is 85.1 cm³/mol. The molecule has 0 spiro atoms. The summed E-state index contributed by atoms with van der Waals surface area (Å²) in [5.74, 6) is 0.951. The van der Waals surface area contributed by atoms with Crippen LogP contribution in [0.3, 0.4) is 0 Å². The average Bonchev–Trinajstić information content (AvgIpc) is 2.42. The largest absolute Gasteiger partial charge is 0.493 e. The normalized spacial score (nSPS) is 9.60. The molecule has 1 rings (SSSR count). The monoisotopic (exact) mass is 366 g/mol. The van der Waals surface area contributed by atoms with Gasteiger partial charge in [0.05, 0.1) is 18.2 Å². The third-order valence-corrected chi connectivity index (χ3v) is 2.96. The number of hydrogen-bond donors (Lipinski definition) is 2. The molecule has 114 valence electrons. The Morgan fingerprint density at radius 1 is 1.45 bits per heavy atom. The van der Waals surface area contributed by atoms with Gasteiger partial charge in [0.2, 0.25) is 0 Å². The van der Waals surface area contributed by atoms with E-state index in [2.05, 4.69) is 21.2 Å². The molecular formula is C13H20BrClN2O3. The van der Waals surface area contributed by atoms with Crippen LogP contribution in [0, 0.1) is 0 Å². The van der Waals surface area contributed by atoms with Gasteiger partial charge in [0, 0.05) is 18.7 Å². The van der Waals surface area contributed by atoms with Crippen LogP contribution < -0.4 is 20.5 Å². The molecule has 0 aliphatic rings. The summed E-state index contributed by atoms with van der Waals surface area (Å²) in [6.07, 6.45) is 0.897. The molecule has 1 aromatic rings. The van der Waals surface area contributed by atoms with Crippen molar-refractivity contribution < 1.29 is 14.3 Å². The maximum Gasteiger partial charge on any atom is 0.251 e. The predicted octanol–water partition coefficient (Wildman–Crippen LogP) is 2.36. The molecule has 3 N–H and O–H groups in total. The van der Waals surface area contributed by atoms with Gasteiger partial charge in [-0.2, -0.15) is 0 Å². The Balaban J connectivity index is 0.00000361. The summed E-state index contributed by atoms with van der Waals surface area (Å²) >= 11 is 3.40. The molecule has 7 heteroatoms. The maximum atomic E-state index is 11.9. The number of carbonyl (C=O) groups is 1. The van der Waals surface area contributed by atoms with Gasteiger partial charge in [-0.15, -0.1) is 12.4 Å². The number of benzene rings is 1. The smallest absolute Gasteiger partial charge is 0.251 e. The first-order valence-electron chi connectivity index (χ1n) is 6.12. The Morgan fingerprint density at radius 2 is 2.15 bits per heavy atom. The van der Waals surface area contributed by atoms with Gasteiger partial charge in [0.15, 0.2) is 11.5 Å². The fraction of sp³-hybridized carbons (Fsp3) is 0.462. The summed E-state index contributed by atoms with van der Waals surface area (Å²) in [7, 11) is 1.54. The first-order valence-corrected chi connectivity index (χ1v) is 6.91. The van der Waals surface area contributed by atoms with E-state index in [1.165, 1.54) is 0 Å². The molecule has 1 aromatic carbocycles. The van der Waals surface area contributed by atoms with E-state index >= 15 is 0 Å². The van der Waals surface area contributed by atoms with Crippen LogP contribution in [-0.2, 0) is 0 Å². The zero-order chi connectivity index (χ0) is 14.3. The molecule has 0 bridgehead atoms. The SMILES string of the molecule is CCCOc1c(Br)cc(C(=O)NCCN)cc1OC.Cl. The summed E-state index contributed by atoms with van der Waals surface area (Å²) in [6, 6.07) is 3.36. The molecule has 0 saturated carbocycles. The zero-order valence-electron chi connectivity index (χ0n) is 11.6. The fourth-order valence-electron chi connectivity index (χ4n) is 1.48. The number of ether oxygens (including phenoxy) is 2. The van der Waals surface area contributed by atoms with Crippen LogP contribution in [0.25, 0.3) is 0 Å². The summed E-state index contributed by atoms with van der Waals surface area (Å²) in [4.78, 5) is 11.9. The zero-order valence-corrected chi connectivity index (χ0v) is 14.0. The van der Waals surface area contributed by atoms with Crippen molar-refractivity contribution in [1.82, 2.24) is 5.32 Å². The lowest BCUT2D eigenvalue weighted by Crippen LogP contribution is -2.29. The van der Waals surface area contributed by atoms with E-state index in [9.17, 15) is 4.79 Å². The standard InChI is InChI=1S/C13H19BrN2O3.ClH/c1-3-6-19-12-10(14)7-9(8-11(12)18-2)13(17)16-5-4-15;/h7-8H,3-6,15H2,1-2H3,(H,16,17);1H. The first kappa shape index (κ1) is 19.0. The van der Waals surface area contributed by atoms with Crippen LogP contribution >= 0.6 is 28.3 Å². The van der Waals surface area contributed by atoms with E-state index < -0.39 is 0 Å². The number of halogens is 2. The highest BCUT2D eigenvalue weighted by Gasteiger charge is 2.15. The van der Waals surface area contributed by atoms with Gasteiger partial charge in [0.25, 0.3) is 5.91 Å². The number of hydrogen-bond acceptors (Lipinski definition) is 4. The van der Waals surface area contributed by atoms with E-state index in [4.69, 9.17) is 15.2 Å². The Hall–Kier alpha value is -0.980. The summed E-state index contributed by atoms with van der Waals surface area (Å²) in [5, 5.41) is 2.71. The molecule has 0 saturated heterocycles. The van der Waals surface area contributed by atoms with E-state index in [1.807, 2.05) is 6.92 Å². The van der Waals surface area contributed by atoms with Gasteiger partial charge in [-0.3, -0.25) is 4.79 Å². The number of nitrogens with two attached hydrogens (primary N) is 1. The second kappa shape index (κ2) is 9.85. The number of methoxy groups -OCH3 is 1. The van der Waals surface area contributed by atoms with Crippen LogP contribution in [0.4, 0.5) is 0 Å². The summed E-state index contributed by atoms with van der Waals surface area (Å²) in [6.45, 7) is 3.46. The minimum atomic E-state index is -0.188. The third-order valence-electron chi connectivity index (χ3n) is 2.37. The Morgan fingerprint density at radius 3 is 2.70 bits per heavy atom. The van der Waals surface area contributed by atoms with E-state index in [-0.39, 0.29) is 18.3 Å². The maximum absolute atomic E-state index is 11.9. The molecule has 0 unspecified atom stereocenters. The van der Waals surface area contributed by atoms with Crippen LogP contribution in [0.1, 0.15) is 23.7 Å². The topological polar surface area (TPSA) is 73.6 Å². The Bertz CT molecular complexity index is 444. The molecule has 0 atom stereocenters. The van der Waals surface area contributed by atoms with Crippen molar-refractivity contribution >= 4 is 34.2 Å². The summed E-state index contributed by atoms with van der Waals surface area (Å²) < 4.78 is 11.6. The lowest BCUT2D eigenvalue weighted by atomic mass is 10.2. The molecule has 0 heterocycles. The van der Waals surface area contributed by atoms with Gasteiger partial charge >= 0.3 is 0 Å². The minimum Gasteiger partial charge on any atom is -0.493 e. The first-order chi connectivity index (χ1) is 9.13. The highest BCUT2D eigenvalue weighted by atomic mass is 79.9. The molecule has 0 aliphatic heterocycles. The van der Waals surface area contributed by atoms with Gasteiger partial charge < -0.3 is 20.5 Å². The van der Waals surface area contributed by atoms with Crippen molar-refractivity contribution in [3.8, 4) is 11.5 Å². The number of nitrogens with one attached hydrogen (secondary N) is 1. The Kier molecular flexibility index (Phi) is 9.37. The Labute approximate surface area is 133 Å². The van der Waals surface area contributed by atoms with Crippen molar-refractivity contribution in [2.75, 3.05) is 26.8 Å². The van der Waals surface area contributed by atoms with Crippen molar-refractivity contribution in [1.29, 1.82) is 0 Å². The lowest BCUT2D eigenvalue weighted by molar-refractivity contribution is 0.0954. The van der Waals surface area contributed by atoms with E-state index in [0.29, 0.717) is 41.2 Å². The van der Waals surface area contributed by atoms with Gasteiger partial charge in [0.1, 0.15) is 0 Å². The second-order valence-corrected chi connectivity index (χ2v) is 4.74. The lowest BCUT2D eigenvalue weighted by Gasteiger charge is -2.13. The van der Waals surface area contributed by atoms with Crippen molar-refractivity contribution in [2.45, 2.75) is 13.3 Å². The van der Waals surface area contributed by atoms with Crippen molar-refractivity contribution in [3.63, 3.8) is 0 Å². The van der Waals surface area contributed by atoms with Gasteiger partial charge in [-0.1, -0.05) is 6.92 Å². The highest BCUT2D eigenvalue weighted by Crippen LogP contribution is 2.36. The molecule has 0 aliphatic carbocycles. The number of rotatable bonds is 7. The van der Waals surface area contributed by atoms with Gasteiger partial charge in [-0.25, -0.2) is 0 Å². The fourth-order valence-corrected chi connectivity index (χ4v) is 2.04. The van der Waals surface area contributed by atoms with Crippen LogP contribution in [0.15, 0.2) is 16.6 Å². The third kappa shape index (κ3) is 5.19. The molecule has 20 heavy (non-hydrogen) atoms. The molecule has 0 aromatic heterocycles. The van der Waals surface area contributed by atoms with Gasteiger partial charge in [-0.05, 0) is 34.5 Å². The quantitative estimate of drug-likeness (QED) is 0.776. The second-order valence-electron chi connectivity index (χ2n) is 3.88. The van der Waals surface area contributed by atoms with E-state index in [1.54, 1.807) is 19.2 Å². The number of carbonyl (C=O) groups excluding carboxylic acids is 1. The highest BCUT2D eigenvalue weighted by molar-refractivity contribution is 9.10. The number of amides is 1. The van der Waals surface area contributed by atoms with Crippen molar-refractivity contribution in [2.24, 2.45) is 5.73 Å². The van der Waals surface area contributed by atoms with Crippen LogP contribution in [0.2, 0.25) is 0 Å². The van der Waals surface area contributed by atoms with Crippen molar-refractivity contribution in [3.05, 3.63) is 22.2 Å². The molecular weight excluding hydrogens is 348 g/mol. The average molecular weight is 368 g/mol. The van der Waals surface area contributed by atoms with Crippen LogP contribution in [-0.4, -0.2) is 32.7 Å². The molecule has 1 amide bonds. The molecule has 0 fully saturated rings. The molecule has 0 radical (unpaired) electrons. The van der Waals surface area contributed by atoms with E-state index in [0.717, 1.165) is 6.42 Å².